The number of nitrogens with one attached hydrogen (secondary N) is 1. The predicted octanol–water partition coefficient (Wildman–Crippen LogP) is 4.06. The van der Waals surface area contributed by atoms with Gasteiger partial charge in [-0.3, -0.25) is 0 Å². The van der Waals surface area contributed by atoms with Crippen LogP contribution in [-0.4, -0.2) is 37.1 Å². The summed E-state index contributed by atoms with van der Waals surface area (Å²) in [5, 5.41) is 3.58. The molecule has 0 amide bonds. The normalized spacial score (nSPS) is 31.2. The summed E-state index contributed by atoms with van der Waals surface area (Å²) in [6, 6.07) is 0.860. The molecule has 0 bridgehead atoms. The molecule has 118 valence electrons. The van der Waals surface area contributed by atoms with Crippen molar-refractivity contribution >= 4 is 0 Å². The van der Waals surface area contributed by atoms with Gasteiger partial charge in [0.05, 0.1) is 0 Å². The van der Waals surface area contributed by atoms with Crippen LogP contribution in [0.15, 0.2) is 0 Å². The zero-order chi connectivity index (χ0) is 14.4. The third-order valence-electron chi connectivity index (χ3n) is 5.46. The van der Waals surface area contributed by atoms with Crippen LogP contribution in [-0.2, 0) is 0 Å². The van der Waals surface area contributed by atoms with Crippen LogP contribution < -0.4 is 5.32 Å². The summed E-state index contributed by atoms with van der Waals surface area (Å²) in [6.45, 7) is 12.4. The fourth-order valence-corrected chi connectivity index (χ4v) is 4.13. The first kappa shape index (κ1) is 16.3. The molecule has 2 heteroatoms. The van der Waals surface area contributed by atoms with Gasteiger partial charge in [0.25, 0.3) is 0 Å². The molecule has 20 heavy (non-hydrogen) atoms. The topological polar surface area (TPSA) is 15.3 Å². The van der Waals surface area contributed by atoms with Crippen LogP contribution >= 0.6 is 0 Å². The summed E-state index contributed by atoms with van der Waals surface area (Å²) in [7, 11) is 0. The van der Waals surface area contributed by atoms with Gasteiger partial charge in [-0.1, -0.05) is 27.2 Å². The molecule has 0 aromatic carbocycles. The maximum Gasteiger partial charge on any atom is 0.00955 e. The van der Waals surface area contributed by atoms with E-state index in [0.29, 0.717) is 5.41 Å². The van der Waals surface area contributed by atoms with Crippen LogP contribution in [0, 0.1) is 11.3 Å². The van der Waals surface area contributed by atoms with Crippen molar-refractivity contribution in [3.63, 3.8) is 0 Å². The van der Waals surface area contributed by atoms with Crippen molar-refractivity contribution in [3.8, 4) is 0 Å². The number of hydrogen-bond acceptors (Lipinski definition) is 2. The lowest BCUT2D eigenvalue weighted by Gasteiger charge is -2.35. The van der Waals surface area contributed by atoms with E-state index in [1.54, 1.807) is 0 Å². The number of hydrogen-bond donors (Lipinski definition) is 1. The quantitative estimate of drug-likeness (QED) is 0.764. The molecule has 2 nitrogen and oxygen atoms in total. The zero-order valence-corrected chi connectivity index (χ0v) is 14.1. The van der Waals surface area contributed by atoms with Gasteiger partial charge in [0, 0.05) is 12.6 Å². The van der Waals surface area contributed by atoms with Gasteiger partial charge in [0.15, 0.2) is 0 Å². The Hall–Kier alpha value is -0.0800. The highest BCUT2D eigenvalue weighted by atomic mass is 15.2. The standard InChI is InChI=1S/C18H36N2/c1-4-13-20(15-16-7-6-12-19-14-16)17-8-5-10-18(2,3)11-9-17/h16-17,19H,4-15H2,1-3H3. The Morgan fingerprint density at radius 2 is 1.95 bits per heavy atom. The SMILES string of the molecule is CCCN(CC1CCCNC1)C1CCCC(C)(C)CC1. The highest BCUT2D eigenvalue weighted by molar-refractivity contribution is 4.83. The van der Waals surface area contributed by atoms with Crippen LogP contribution in [0.1, 0.15) is 72.1 Å². The van der Waals surface area contributed by atoms with Crippen molar-refractivity contribution < 1.29 is 0 Å². The molecule has 0 aromatic rings. The summed E-state index contributed by atoms with van der Waals surface area (Å²) >= 11 is 0. The number of nitrogens with zero attached hydrogens (tertiary/aromatic N) is 1. The van der Waals surface area contributed by atoms with Crippen molar-refractivity contribution in [2.75, 3.05) is 26.2 Å². The smallest absolute Gasteiger partial charge is 0.00955 e. The lowest BCUT2D eigenvalue weighted by Crippen LogP contribution is -2.43. The third kappa shape index (κ3) is 5.04. The zero-order valence-electron chi connectivity index (χ0n) is 14.1. The molecule has 2 aliphatic rings. The van der Waals surface area contributed by atoms with Crippen LogP contribution in [0.5, 0.6) is 0 Å². The Morgan fingerprint density at radius 1 is 1.10 bits per heavy atom. The van der Waals surface area contributed by atoms with E-state index in [-0.39, 0.29) is 0 Å². The van der Waals surface area contributed by atoms with Crippen LogP contribution in [0.2, 0.25) is 0 Å². The second kappa shape index (κ2) is 7.79. The van der Waals surface area contributed by atoms with E-state index in [1.165, 1.54) is 77.5 Å². The van der Waals surface area contributed by atoms with Gasteiger partial charge >= 0.3 is 0 Å². The van der Waals surface area contributed by atoms with Crippen LogP contribution in [0.3, 0.4) is 0 Å². The molecule has 0 aromatic heterocycles. The average molecular weight is 280 g/mol. The first-order chi connectivity index (χ1) is 9.61. The van der Waals surface area contributed by atoms with Gasteiger partial charge in [0.1, 0.15) is 0 Å². The van der Waals surface area contributed by atoms with E-state index in [1.807, 2.05) is 0 Å². The van der Waals surface area contributed by atoms with Gasteiger partial charge < -0.3 is 10.2 Å². The minimum absolute atomic E-state index is 0.582. The first-order valence-corrected chi connectivity index (χ1v) is 9.05. The Kier molecular flexibility index (Phi) is 6.35. The predicted molar refractivity (Wildman–Crippen MR) is 88.1 cm³/mol. The highest BCUT2D eigenvalue weighted by Crippen LogP contribution is 2.35. The molecule has 1 saturated carbocycles. The monoisotopic (exact) mass is 280 g/mol. The molecular weight excluding hydrogens is 244 g/mol. The van der Waals surface area contributed by atoms with Crippen molar-refractivity contribution in [3.05, 3.63) is 0 Å². The maximum absolute atomic E-state index is 3.58. The minimum Gasteiger partial charge on any atom is -0.316 e. The van der Waals surface area contributed by atoms with Crippen LogP contribution in [0.25, 0.3) is 0 Å². The molecule has 1 saturated heterocycles. The van der Waals surface area contributed by atoms with E-state index >= 15 is 0 Å². The molecule has 1 aliphatic heterocycles. The summed E-state index contributed by atoms with van der Waals surface area (Å²) in [5.41, 5.74) is 0.582. The third-order valence-corrected chi connectivity index (χ3v) is 5.46. The van der Waals surface area contributed by atoms with Crippen molar-refractivity contribution in [2.45, 2.75) is 78.2 Å². The molecular formula is C18H36N2. The van der Waals surface area contributed by atoms with E-state index in [4.69, 9.17) is 0 Å². The molecule has 2 atom stereocenters. The fourth-order valence-electron chi connectivity index (χ4n) is 4.13. The Morgan fingerprint density at radius 3 is 2.65 bits per heavy atom. The van der Waals surface area contributed by atoms with Crippen molar-refractivity contribution in [2.24, 2.45) is 11.3 Å². The van der Waals surface area contributed by atoms with E-state index in [0.717, 1.165) is 12.0 Å². The minimum atomic E-state index is 0.582. The van der Waals surface area contributed by atoms with Gasteiger partial charge in [0.2, 0.25) is 0 Å². The number of rotatable bonds is 5. The fraction of sp³-hybridized carbons (Fsp3) is 1.00. The van der Waals surface area contributed by atoms with Gasteiger partial charge in [-0.2, -0.15) is 0 Å². The Bertz CT molecular complexity index is 269. The van der Waals surface area contributed by atoms with Crippen molar-refractivity contribution in [1.82, 2.24) is 10.2 Å². The first-order valence-electron chi connectivity index (χ1n) is 9.05. The summed E-state index contributed by atoms with van der Waals surface area (Å²) in [4.78, 5) is 2.85. The lowest BCUT2D eigenvalue weighted by atomic mass is 9.85. The molecule has 2 unspecified atom stereocenters. The summed E-state index contributed by atoms with van der Waals surface area (Å²) < 4.78 is 0. The van der Waals surface area contributed by atoms with Gasteiger partial charge in [-0.05, 0) is 75.9 Å². The van der Waals surface area contributed by atoms with E-state index < -0.39 is 0 Å². The maximum atomic E-state index is 3.58. The molecule has 0 radical (unpaired) electrons. The van der Waals surface area contributed by atoms with E-state index in [9.17, 15) is 0 Å². The van der Waals surface area contributed by atoms with Gasteiger partial charge in [-0.15, -0.1) is 0 Å². The average Bonchev–Trinajstić information content (AvgIpc) is 2.60. The highest BCUT2D eigenvalue weighted by Gasteiger charge is 2.28. The second-order valence-electron chi connectivity index (χ2n) is 7.96. The molecule has 1 aliphatic carbocycles. The van der Waals surface area contributed by atoms with Crippen LogP contribution in [0.4, 0.5) is 0 Å². The largest absolute Gasteiger partial charge is 0.316 e. The summed E-state index contributed by atoms with van der Waals surface area (Å²) in [5.74, 6) is 0.895. The molecule has 0 spiro atoms. The molecule has 2 fully saturated rings. The molecule has 1 heterocycles. The van der Waals surface area contributed by atoms with E-state index in [2.05, 4.69) is 31.0 Å². The Balaban J connectivity index is 1.89. The van der Waals surface area contributed by atoms with Crippen molar-refractivity contribution in [1.29, 1.82) is 0 Å². The van der Waals surface area contributed by atoms with Gasteiger partial charge in [-0.25, -0.2) is 0 Å². The second-order valence-corrected chi connectivity index (χ2v) is 7.96. The molecule has 1 N–H and O–H groups in total. The lowest BCUT2D eigenvalue weighted by molar-refractivity contribution is 0.138. The Labute approximate surface area is 126 Å². The number of piperidine rings is 1. The molecule has 2 rings (SSSR count). The summed E-state index contributed by atoms with van der Waals surface area (Å²) in [6.07, 6.45) is 11.3.